The van der Waals surface area contributed by atoms with Gasteiger partial charge in [0, 0.05) is 72.5 Å². The van der Waals surface area contributed by atoms with Crippen molar-refractivity contribution < 1.29 is 72.6 Å². The van der Waals surface area contributed by atoms with Gasteiger partial charge in [0.25, 0.3) is 0 Å². The zero-order valence-corrected chi connectivity index (χ0v) is 36.3. The molecule has 1 aromatic rings. The SMILES string of the molecule is C.C.COC(CCC(=O)c1ccccc1)CC(C)=O.COC(CCCCCCC(=O)O)CC(C)=O.COC1(CC(C)=O)CC1C(=O)O.COC1(CC(C)=O)CCCC1C(=O)O. The minimum absolute atomic E-state index is 0. The zero-order chi connectivity index (χ0) is 45.2. The summed E-state index contributed by atoms with van der Waals surface area (Å²) in [4.78, 5) is 87.2. The summed E-state index contributed by atoms with van der Waals surface area (Å²) < 4.78 is 20.7. The van der Waals surface area contributed by atoms with Crippen molar-refractivity contribution in [3.05, 3.63) is 35.9 Å². The van der Waals surface area contributed by atoms with Crippen LogP contribution >= 0.6 is 0 Å². The molecule has 0 saturated heterocycles. The second kappa shape index (κ2) is 32.5. The van der Waals surface area contributed by atoms with Gasteiger partial charge in [-0.1, -0.05) is 64.4 Å². The van der Waals surface area contributed by atoms with E-state index in [-0.39, 0.29) is 75.2 Å². The third-order valence-corrected chi connectivity index (χ3v) is 10.4. The number of carboxylic acids is 3. The number of rotatable bonds is 25. The lowest BCUT2D eigenvalue weighted by Crippen LogP contribution is -2.41. The summed E-state index contributed by atoms with van der Waals surface area (Å²) in [5.41, 5.74) is -0.736. The lowest BCUT2D eigenvalue weighted by atomic mass is 9.86. The number of carbonyl (C=O) groups excluding carboxylic acids is 5. The Kier molecular flexibility index (Phi) is 32.6. The van der Waals surface area contributed by atoms with E-state index in [0.29, 0.717) is 50.5 Å². The summed E-state index contributed by atoms with van der Waals surface area (Å²) in [7, 11) is 6.13. The number of Topliss-reactive ketones (excluding diaryl/α,β-unsaturated/α-hetero) is 5. The Morgan fingerprint density at radius 1 is 0.623 bits per heavy atom. The van der Waals surface area contributed by atoms with Crippen LogP contribution in [0.15, 0.2) is 30.3 Å². The molecular weight excluding hydrogens is 792 g/mol. The van der Waals surface area contributed by atoms with Gasteiger partial charge in [-0.15, -0.1) is 0 Å². The predicted molar refractivity (Wildman–Crippen MR) is 232 cm³/mol. The van der Waals surface area contributed by atoms with E-state index < -0.39 is 40.9 Å². The first-order chi connectivity index (χ1) is 27.7. The van der Waals surface area contributed by atoms with Crippen molar-refractivity contribution in [2.45, 2.75) is 169 Å². The molecule has 1 aromatic carbocycles. The van der Waals surface area contributed by atoms with Gasteiger partial charge in [-0.05, 0) is 72.6 Å². The summed E-state index contributed by atoms with van der Waals surface area (Å²) in [6, 6.07) is 9.17. The molecule has 6 unspecified atom stereocenters. The van der Waals surface area contributed by atoms with E-state index >= 15 is 0 Å². The molecule has 350 valence electrons. The molecule has 0 spiro atoms. The van der Waals surface area contributed by atoms with Crippen LogP contribution in [-0.2, 0) is 52.5 Å². The molecule has 3 N–H and O–H groups in total. The van der Waals surface area contributed by atoms with Crippen molar-refractivity contribution in [3.63, 3.8) is 0 Å². The van der Waals surface area contributed by atoms with E-state index in [1.54, 1.807) is 33.3 Å². The molecule has 2 saturated carbocycles. The zero-order valence-electron chi connectivity index (χ0n) is 36.3. The van der Waals surface area contributed by atoms with Gasteiger partial charge >= 0.3 is 17.9 Å². The van der Waals surface area contributed by atoms with E-state index in [2.05, 4.69) is 0 Å². The molecule has 0 aromatic heterocycles. The first-order valence-electron chi connectivity index (χ1n) is 20.1. The third-order valence-electron chi connectivity index (χ3n) is 10.4. The Morgan fingerprint density at radius 3 is 1.51 bits per heavy atom. The van der Waals surface area contributed by atoms with E-state index in [9.17, 15) is 38.4 Å². The van der Waals surface area contributed by atoms with Crippen molar-refractivity contribution in [1.29, 1.82) is 0 Å². The maximum absolute atomic E-state index is 11.8. The van der Waals surface area contributed by atoms with Gasteiger partial charge in [0.2, 0.25) is 0 Å². The van der Waals surface area contributed by atoms with Crippen LogP contribution in [0, 0.1) is 11.8 Å². The van der Waals surface area contributed by atoms with E-state index in [4.69, 9.17) is 34.3 Å². The molecule has 0 bridgehead atoms. The molecule has 6 atom stereocenters. The molecule has 2 aliphatic carbocycles. The first kappa shape index (κ1) is 61.1. The number of ether oxygens (including phenoxy) is 4. The van der Waals surface area contributed by atoms with Crippen molar-refractivity contribution in [2.24, 2.45) is 11.8 Å². The maximum atomic E-state index is 11.8. The van der Waals surface area contributed by atoms with Gasteiger partial charge in [-0.2, -0.15) is 0 Å². The second-order valence-corrected chi connectivity index (χ2v) is 15.4. The largest absolute Gasteiger partial charge is 0.481 e. The molecule has 3 rings (SSSR count). The fourth-order valence-electron chi connectivity index (χ4n) is 7.16. The average Bonchev–Trinajstić information content (AvgIpc) is 3.74. The van der Waals surface area contributed by atoms with E-state index in [1.807, 2.05) is 18.2 Å². The van der Waals surface area contributed by atoms with Crippen molar-refractivity contribution in [3.8, 4) is 0 Å². The number of carboxylic acid groups (broad SMARTS) is 3. The molecule has 0 heterocycles. The van der Waals surface area contributed by atoms with Crippen molar-refractivity contribution >= 4 is 46.8 Å². The molecular formula is C46H76O15. The summed E-state index contributed by atoms with van der Waals surface area (Å²) in [5.74, 6) is -3.20. The van der Waals surface area contributed by atoms with Crippen LogP contribution in [0.4, 0.5) is 0 Å². The van der Waals surface area contributed by atoms with Gasteiger partial charge < -0.3 is 34.3 Å². The Hall–Kier alpha value is -4.18. The Morgan fingerprint density at radius 2 is 1.10 bits per heavy atom. The summed E-state index contributed by atoms with van der Waals surface area (Å²) >= 11 is 0. The van der Waals surface area contributed by atoms with E-state index in [1.165, 1.54) is 35.0 Å². The number of unbranched alkanes of at least 4 members (excludes halogenated alkanes) is 3. The second-order valence-electron chi connectivity index (χ2n) is 15.4. The molecule has 2 fully saturated rings. The molecule has 0 radical (unpaired) electrons. The number of aliphatic carboxylic acids is 3. The summed E-state index contributed by atoms with van der Waals surface area (Å²) in [5, 5.41) is 26.1. The lowest BCUT2D eigenvalue weighted by Gasteiger charge is -2.30. The van der Waals surface area contributed by atoms with Crippen LogP contribution in [0.25, 0.3) is 0 Å². The summed E-state index contributed by atoms with van der Waals surface area (Å²) in [6.07, 6.45) is 9.48. The van der Waals surface area contributed by atoms with Gasteiger partial charge in [-0.3, -0.25) is 38.4 Å². The first-order valence-corrected chi connectivity index (χ1v) is 20.1. The van der Waals surface area contributed by atoms with Gasteiger partial charge in [0.15, 0.2) is 5.78 Å². The fourth-order valence-corrected chi connectivity index (χ4v) is 7.16. The van der Waals surface area contributed by atoms with Crippen LogP contribution in [0.5, 0.6) is 0 Å². The molecule has 0 aliphatic heterocycles. The predicted octanol–water partition coefficient (Wildman–Crippen LogP) is 8.01. The number of methoxy groups -OCH3 is 4. The topological polar surface area (TPSA) is 234 Å². The minimum atomic E-state index is -0.877. The number of hydrogen-bond acceptors (Lipinski definition) is 12. The average molecular weight is 869 g/mol. The fraction of sp³-hybridized carbons (Fsp3) is 0.696. The number of hydrogen-bond donors (Lipinski definition) is 3. The Labute approximate surface area is 363 Å². The highest BCUT2D eigenvalue weighted by Crippen LogP contribution is 2.49. The Bertz CT molecular complexity index is 1490. The summed E-state index contributed by atoms with van der Waals surface area (Å²) in [6.45, 7) is 6.01. The Balaban J connectivity index is -0.000000732. The van der Waals surface area contributed by atoms with Crippen LogP contribution in [0.1, 0.15) is 156 Å². The molecule has 61 heavy (non-hydrogen) atoms. The number of ketones is 5. The molecule has 2 aliphatic rings. The standard InChI is InChI=1S/C14H18O3.C12H22O4.C10H16O4.C8H12O4.2CH4/c1-11(15)10-13(17-2)8-9-14(16)12-6-4-3-5-7-12;1-10(13)9-11(16-2)7-5-3-4-6-8-12(14)15;1-7(11)6-10(14-2)5-3-4-8(10)9(12)13;1-5(9)3-8(12-2)4-6(8)7(10)11;;/h3-7,13H,8-10H2,1-2H3;11H,3-9H2,1-2H3,(H,14,15);8H,3-6H2,1-2H3,(H,12,13);6H,3-4H2,1-2H3,(H,10,11);2*1H4. The minimum Gasteiger partial charge on any atom is -0.481 e. The van der Waals surface area contributed by atoms with Gasteiger partial charge in [0.1, 0.15) is 23.1 Å². The van der Waals surface area contributed by atoms with Crippen molar-refractivity contribution in [2.75, 3.05) is 28.4 Å². The van der Waals surface area contributed by atoms with Crippen LogP contribution in [0.2, 0.25) is 0 Å². The molecule has 0 amide bonds. The molecule has 15 nitrogen and oxygen atoms in total. The lowest BCUT2D eigenvalue weighted by molar-refractivity contribution is -0.154. The van der Waals surface area contributed by atoms with Crippen LogP contribution < -0.4 is 0 Å². The monoisotopic (exact) mass is 869 g/mol. The number of carbonyl (C=O) groups is 8. The highest BCUT2D eigenvalue weighted by molar-refractivity contribution is 5.96. The van der Waals surface area contributed by atoms with Gasteiger partial charge in [-0.25, -0.2) is 0 Å². The normalized spacial score (nSPS) is 20.4. The smallest absolute Gasteiger partial charge is 0.309 e. The van der Waals surface area contributed by atoms with E-state index in [0.717, 1.165) is 38.5 Å². The number of benzene rings is 1. The quantitative estimate of drug-likeness (QED) is 0.0623. The molecule has 15 heteroatoms. The highest BCUT2D eigenvalue weighted by Gasteiger charge is 2.60. The maximum Gasteiger partial charge on any atom is 0.309 e. The third kappa shape index (κ3) is 25.4. The van der Waals surface area contributed by atoms with Crippen molar-refractivity contribution in [1.82, 2.24) is 0 Å². The van der Waals surface area contributed by atoms with Gasteiger partial charge in [0.05, 0.1) is 35.2 Å². The highest BCUT2D eigenvalue weighted by atomic mass is 16.5. The van der Waals surface area contributed by atoms with Crippen LogP contribution in [0.3, 0.4) is 0 Å². The van der Waals surface area contributed by atoms with Crippen LogP contribution in [-0.4, -0.2) is 114 Å².